The number of likely N-dealkylation sites (N-methyl/N-ethyl adjacent to an activating group) is 1. The number of hydrogen-bond donors (Lipinski definition) is 0. The summed E-state index contributed by atoms with van der Waals surface area (Å²) in [5, 5.41) is 11.8. The Morgan fingerprint density at radius 2 is 0.643 bits per heavy atom. The maximum Gasteiger partial charge on any atom is 0.306 e. The fourth-order valence-electron chi connectivity index (χ4n) is 11.0. The van der Waals surface area contributed by atoms with Crippen LogP contribution in [0.2, 0.25) is 0 Å². The largest absolute Gasteiger partial charge is 0.545 e. The number of nitrogens with zero attached hydrogens (tertiary/aromatic N) is 1. The van der Waals surface area contributed by atoms with Gasteiger partial charge in [0.25, 0.3) is 0 Å². The van der Waals surface area contributed by atoms with E-state index < -0.39 is 24.3 Å². The van der Waals surface area contributed by atoms with Gasteiger partial charge in [-0.05, 0) is 51.4 Å². The van der Waals surface area contributed by atoms with Gasteiger partial charge in [0, 0.05) is 12.8 Å². The first kappa shape index (κ1) is 81.5. The first-order valence-corrected chi connectivity index (χ1v) is 36.6. The molecule has 0 bridgehead atoms. The van der Waals surface area contributed by atoms with Gasteiger partial charge in [0.2, 0.25) is 0 Å². The third-order valence-corrected chi connectivity index (χ3v) is 16.6. The van der Waals surface area contributed by atoms with Crippen LogP contribution in [0.4, 0.5) is 0 Å². The smallest absolute Gasteiger partial charge is 0.306 e. The van der Waals surface area contributed by atoms with E-state index in [-0.39, 0.29) is 32.2 Å². The van der Waals surface area contributed by atoms with E-state index in [1.165, 1.54) is 263 Å². The molecule has 0 aliphatic heterocycles. The number of aliphatic carboxylic acids is 1. The Morgan fingerprint density at radius 3 is 0.952 bits per heavy atom. The van der Waals surface area contributed by atoms with Crippen molar-refractivity contribution in [2.24, 2.45) is 0 Å². The summed E-state index contributed by atoms with van der Waals surface area (Å²) in [6, 6.07) is 0. The lowest BCUT2D eigenvalue weighted by Crippen LogP contribution is -2.44. The Labute approximate surface area is 521 Å². The third kappa shape index (κ3) is 67.0. The van der Waals surface area contributed by atoms with Crippen LogP contribution in [-0.2, 0) is 33.3 Å². The van der Waals surface area contributed by atoms with Crippen LogP contribution in [0.1, 0.15) is 367 Å². The molecule has 0 saturated carbocycles. The molecule has 2 atom stereocenters. The molecule has 0 rings (SSSR count). The summed E-state index contributed by atoms with van der Waals surface area (Å²) in [4.78, 5) is 37.5. The molecule has 0 aromatic heterocycles. The molecule has 9 heteroatoms. The number of hydrogen-bond acceptors (Lipinski definition) is 8. The fourth-order valence-corrected chi connectivity index (χ4v) is 11.0. The molecule has 0 aliphatic rings. The van der Waals surface area contributed by atoms with Crippen molar-refractivity contribution in [1.29, 1.82) is 0 Å². The lowest BCUT2D eigenvalue weighted by Gasteiger charge is -2.26. The number of carboxylic acids is 1. The zero-order valence-corrected chi connectivity index (χ0v) is 56.6. The van der Waals surface area contributed by atoms with E-state index in [0.29, 0.717) is 23.9 Å². The van der Waals surface area contributed by atoms with Gasteiger partial charge in [-0.3, -0.25) is 9.59 Å². The average Bonchev–Trinajstić information content (AvgIpc) is 3.55. The zero-order chi connectivity index (χ0) is 61.2. The Morgan fingerprint density at radius 1 is 0.357 bits per heavy atom. The molecule has 2 unspecified atom stereocenters. The molecule has 9 nitrogen and oxygen atoms in total. The summed E-state index contributed by atoms with van der Waals surface area (Å²) in [6.45, 7) is 4.78. The van der Waals surface area contributed by atoms with Crippen molar-refractivity contribution >= 4 is 17.9 Å². The van der Waals surface area contributed by atoms with E-state index >= 15 is 0 Å². The highest BCUT2D eigenvalue weighted by atomic mass is 16.7. The maximum atomic E-state index is 12.9. The number of carboxylic acid groups (broad SMARTS) is 1. The zero-order valence-electron chi connectivity index (χ0n) is 56.6. The van der Waals surface area contributed by atoms with Gasteiger partial charge in [-0.2, -0.15) is 0 Å². The highest BCUT2D eigenvalue weighted by Crippen LogP contribution is 2.19. The molecule has 0 amide bonds. The van der Waals surface area contributed by atoms with Crippen LogP contribution < -0.4 is 5.11 Å². The lowest BCUT2D eigenvalue weighted by atomic mass is 10.0. The van der Waals surface area contributed by atoms with Crippen LogP contribution in [0, 0.1) is 0 Å². The van der Waals surface area contributed by atoms with Crippen LogP contribution in [0.3, 0.4) is 0 Å². The molecule has 494 valence electrons. The summed E-state index contributed by atoms with van der Waals surface area (Å²) >= 11 is 0. The second-order valence-corrected chi connectivity index (χ2v) is 26.2. The van der Waals surface area contributed by atoms with E-state index in [4.69, 9.17) is 18.9 Å². The summed E-state index contributed by atoms with van der Waals surface area (Å²) in [7, 11) is 5.93. The Kier molecular flexibility index (Phi) is 64.5. The normalized spacial score (nSPS) is 12.8. The molecule has 0 spiro atoms. The van der Waals surface area contributed by atoms with Gasteiger partial charge in [0.05, 0.1) is 40.3 Å². The van der Waals surface area contributed by atoms with E-state index in [1.807, 2.05) is 21.1 Å². The molecular formula is C75H141NO8. The quantitative estimate of drug-likeness (QED) is 0.0195. The SMILES string of the molecule is CCCCCCC/C=C\C/C=C\C/C=C\CCCCCCCCC(=O)OC(COC(=O)CCCCCCCCCCCCCCCCCCCCCCCCCCCCCCCCCCCCCCCC)COC(OCC[N+](C)(C)C)C(=O)[O-]. The Hall–Kier alpha value is -2.49. The predicted octanol–water partition coefficient (Wildman–Crippen LogP) is 21.4. The van der Waals surface area contributed by atoms with Crippen LogP contribution >= 0.6 is 0 Å². The number of carbonyl (C=O) groups excluding carboxylic acids is 3. The van der Waals surface area contributed by atoms with E-state index in [2.05, 4.69) is 50.3 Å². The van der Waals surface area contributed by atoms with Gasteiger partial charge >= 0.3 is 11.9 Å². The molecule has 0 aromatic rings. The highest BCUT2D eigenvalue weighted by Gasteiger charge is 2.22. The predicted molar refractivity (Wildman–Crippen MR) is 357 cm³/mol. The van der Waals surface area contributed by atoms with E-state index in [9.17, 15) is 19.5 Å². The number of unbranched alkanes of at least 4 members (excludes halogenated alkanes) is 48. The van der Waals surface area contributed by atoms with E-state index in [0.717, 1.165) is 70.6 Å². The van der Waals surface area contributed by atoms with Crippen molar-refractivity contribution < 1.29 is 42.9 Å². The minimum atomic E-state index is -1.62. The lowest BCUT2D eigenvalue weighted by molar-refractivity contribution is -0.870. The van der Waals surface area contributed by atoms with Crippen LogP contribution in [-0.4, -0.2) is 82.3 Å². The van der Waals surface area contributed by atoms with Gasteiger partial charge in [0.15, 0.2) is 12.4 Å². The molecule has 0 N–H and O–H groups in total. The van der Waals surface area contributed by atoms with Crippen LogP contribution in [0.25, 0.3) is 0 Å². The third-order valence-electron chi connectivity index (χ3n) is 16.6. The molecule has 0 aliphatic carbocycles. The fraction of sp³-hybridized carbons (Fsp3) is 0.880. The van der Waals surface area contributed by atoms with Crippen molar-refractivity contribution in [3.63, 3.8) is 0 Å². The summed E-state index contributed by atoms with van der Waals surface area (Å²) in [5.41, 5.74) is 0. The monoisotopic (exact) mass is 1180 g/mol. The molecule has 84 heavy (non-hydrogen) atoms. The number of rotatable bonds is 69. The van der Waals surface area contributed by atoms with E-state index in [1.54, 1.807) is 0 Å². The number of ether oxygens (including phenoxy) is 4. The molecule has 0 radical (unpaired) electrons. The van der Waals surface area contributed by atoms with Crippen LogP contribution in [0.15, 0.2) is 36.5 Å². The topological polar surface area (TPSA) is 111 Å². The first-order chi connectivity index (χ1) is 41.1. The Balaban J connectivity index is 3.97. The van der Waals surface area contributed by atoms with Gasteiger partial charge in [-0.15, -0.1) is 0 Å². The average molecular weight is 1180 g/mol. The van der Waals surface area contributed by atoms with Crippen molar-refractivity contribution in [1.82, 2.24) is 0 Å². The van der Waals surface area contributed by atoms with Gasteiger partial charge in [0.1, 0.15) is 13.2 Å². The second kappa shape index (κ2) is 66.5. The number of quaternary nitrogens is 1. The molecule has 0 aromatic carbocycles. The summed E-state index contributed by atoms with van der Waals surface area (Å²) in [6.07, 6.45) is 81.2. The molecular weight excluding hydrogens is 1040 g/mol. The highest BCUT2D eigenvalue weighted by molar-refractivity contribution is 5.70. The van der Waals surface area contributed by atoms with Crippen molar-refractivity contribution in [3.8, 4) is 0 Å². The van der Waals surface area contributed by atoms with Gasteiger partial charge in [-0.1, -0.05) is 339 Å². The standard InChI is InChI=1S/C75H141NO8/c1-6-8-10-12-14-16-18-20-22-24-26-28-29-30-31-32-33-34-35-36-37-38-39-40-41-42-43-44-46-47-49-51-53-55-57-59-61-63-65-72(77)82-69-71(70-83-75(74(79)80)81-68-67-76(3,4)5)84-73(78)66-64-62-60-58-56-54-52-50-48-45-27-25-23-21-19-17-15-13-11-9-7-2/h19,21,25,27,48,50,71,75H,6-18,20,22-24,26,28-47,49,51-70H2,1-5H3/b21-19-,27-25-,50-48-. The minimum Gasteiger partial charge on any atom is -0.545 e. The Bertz CT molecular complexity index is 1470. The van der Waals surface area contributed by atoms with Crippen molar-refractivity contribution in [2.75, 3.05) is 47.5 Å². The summed E-state index contributed by atoms with van der Waals surface area (Å²) < 4.78 is 22.8. The molecule has 0 fully saturated rings. The van der Waals surface area contributed by atoms with Crippen LogP contribution in [0.5, 0.6) is 0 Å². The molecule has 0 saturated heterocycles. The van der Waals surface area contributed by atoms with Gasteiger partial charge < -0.3 is 33.3 Å². The minimum absolute atomic E-state index is 0.146. The number of allylic oxidation sites excluding steroid dienone is 6. The molecule has 0 heterocycles. The first-order valence-electron chi connectivity index (χ1n) is 36.6. The van der Waals surface area contributed by atoms with Crippen molar-refractivity contribution in [3.05, 3.63) is 36.5 Å². The van der Waals surface area contributed by atoms with Crippen molar-refractivity contribution in [2.45, 2.75) is 379 Å². The number of carbonyl (C=O) groups is 3. The maximum absolute atomic E-state index is 12.9. The second-order valence-electron chi connectivity index (χ2n) is 26.2. The summed E-state index contributed by atoms with van der Waals surface area (Å²) in [5.74, 6) is -2.28. The van der Waals surface area contributed by atoms with Gasteiger partial charge in [-0.25, -0.2) is 0 Å². The number of esters is 2.